The van der Waals surface area contributed by atoms with Crippen LogP contribution in [0.4, 0.5) is 20.5 Å². The second kappa shape index (κ2) is 10.6. The highest BCUT2D eigenvalue weighted by molar-refractivity contribution is 5.85. The van der Waals surface area contributed by atoms with E-state index >= 15 is 8.78 Å². The van der Waals surface area contributed by atoms with E-state index in [4.69, 9.17) is 15.2 Å². The molecule has 2 aromatic heterocycles. The van der Waals surface area contributed by atoms with Gasteiger partial charge in [-0.3, -0.25) is 4.57 Å². The highest BCUT2D eigenvalue weighted by Gasteiger charge is 2.64. The van der Waals surface area contributed by atoms with Gasteiger partial charge in [-0.2, -0.15) is 9.97 Å². The second-order valence-electron chi connectivity index (χ2n) is 10.6. The molecule has 1 saturated heterocycles. The van der Waals surface area contributed by atoms with Crippen molar-refractivity contribution in [2.45, 2.75) is 36.3 Å². The molecular weight excluding hydrogens is 558 g/mol. The lowest BCUT2D eigenvalue weighted by atomic mass is 9.77. The van der Waals surface area contributed by atoms with Crippen LogP contribution < -0.4 is 15.8 Å². The van der Waals surface area contributed by atoms with Gasteiger partial charge in [0, 0.05) is 0 Å². The quantitative estimate of drug-likeness (QED) is 0.197. The van der Waals surface area contributed by atoms with E-state index < -0.39 is 36.0 Å². The van der Waals surface area contributed by atoms with Crippen molar-refractivity contribution in [3.63, 3.8) is 0 Å². The second-order valence-corrected chi connectivity index (χ2v) is 10.6. The van der Waals surface area contributed by atoms with E-state index in [1.807, 2.05) is 84.9 Å². The topological polar surface area (TPSA) is 141 Å². The molecule has 12 heteroatoms. The number of nitrogen functional groups attached to an aromatic ring is 1. The third-order valence-corrected chi connectivity index (χ3v) is 7.88. The molecule has 0 unspecified atom stereocenters. The van der Waals surface area contributed by atoms with Gasteiger partial charge in [-0.1, -0.05) is 72.8 Å². The predicted molar refractivity (Wildman–Crippen MR) is 156 cm³/mol. The number of imidazole rings is 1. The lowest BCUT2D eigenvalue weighted by Crippen LogP contribution is -2.46. The molecule has 222 valence electrons. The van der Waals surface area contributed by atoms with E-state index in [2.05, 4.69) is 20.3 Å². The highest BCUT2D eigenvalue weighted by Crippen LogP contribution is 2.48. The lowest BCUT2D eigenvalue weighted by Gasteiger charge is -2.37. The van der Waals surface area contributed by atoms with Crippen molar-refractivity contribution in [3.05, 3.63) is 108 Å². The van der Waals surface area contributed by atoms with Crippen molar-refractivity contribution in [1.29, 1.82) is 0 Å². The fourth-order valence-electron chi connectivity index (χ4n) is 5.68. The number of halogens is 2. The molecule has 5 N–H and O–H groups in total. The number of alkyl halides is 2. The van der Waals surface area contributed by atoms with Crippen molar-refractivity contribution in [2.75, 3.05) is 24.8 Å². The molecule has 43 heavy (non-hydrogen) atoms. The van der Waals surface area contributed by atoms with Crippen LogP contribution in [0.25, 0.3) is 11.2 Å². The molecule has 0 aliphatic carbocycles. The number of aliphatic hydroxyl groups excluding tert-OH is 2. The number of anilines is 2. The van der Waals surface area contributed by atoms with Gasteiger partial charge in [0.25, 0.3) is 5.85 Å². The minimum absolute atomic E-state index is 0.0306. The fourth-order valence-corrected chi connectivity index (χ4v) is 5.68. The van der Waals surface area contributed by atoms with Crippen LogP contribution in [0.15, 0.2) is 91.3 Å². The van der Waals surface area contributed by atoms with Crippen LogP contribution in [-0.4, -0.2) is 61.1 Å². The first kappa shape index (κ1) is 28.5. The summed E-state index contributed by atoms with van der Waals surface area (Å²) in [6.07, 6.45) is -2.79. The van der Waals surface area contributed by atoms with Gasteiger partial charge in [0.05, 0.1) is 13.4 Å². The number of hydrogen-bond donors (Lipinski definition) is 4. The van der Waals surface area contributed by atoms with Crippen LogP contribution in [0.5, 0.6) is 5.75 Å². The summed E-state index contributed by atoms with van der Waals surface area (Å²) >= 11 is 0. The van der Waals surface area contributed by atoms with Crippen molar-refractivity contribution in [3.8, 4) is 5.75 Å². The maximum Gasteiger partial charge on any atom is 0.263 e. The average Bonchev–Trinajstić information content (AvgIpc) is 3.53. The molecule has 3 heterocycles. The number of aromatic nitrogens is 4. The first-order chi connectivity index (χ1) is 20.6. The number of nitrogens with zero attached hydrogens (tertiary/aromatic N) is 4. The Hall–Kier alpha value is -4.65. The van der Waals surface area contributed by atoms with E-state index in [-0.39, 0.29) is 22.9 Å². The van der Waals surface area contributed by atoms with E-state index in [9.17, 15) is 10.2 Å². The van der Waals surface area contributed by atoms with Crippen LogP contribution in [0.3, 0.4) is 0 Å². The smallest absolute Gasteiger partial charge is 0.263 e. The van der Waals surface area contributed by atoms with Crippen LogP contribution in [0, 0.1) is 0 Å². The highest BCUT2D eigenvalue weighted by atomic mass is 19.2. The van der Waals surface area contributed by atoms with Crippen LogP contribution >= 0.6 is 0 Å². The number of nitrogens with one attached hydrogen (secondary N) is 1. The third-order valence-electron chi connectivity index (χ3n) is 7.88. The average molecular weight is 589 g/mol. The molecule has 0 saturated carbocycles. The number of methoxy groups -OCH3 is 1. The van der Waals surface area contributed by atoms with Crippen molar-refractivity contribution < 1.29 is 28.5 Å². The molecule has 1 aliphatic rings. The summed E-state index contributed by atoms with van der Waals surface area (Å²) in [5, 5.41) is 23.4. The Morgan fingerprint density at radius 3 is 2.09 bits per heavy atom. The van der Waals surface area contributed by atoms with Gasteiger partial charge in [0.15, 0.2) is 35.0 Å². The molecule has 10 nitrogen and oxygen atoms in total. The van der Waals surface area contributed by atoms with E-state index in [0.717, 1.165) is 28.2 Å². The van der Waals surface area contributed by atoms with E-state index in [1.54, 1.807) is 7.11 Å². The number of ether oxygens (including phenoxy) is 2. The standard InChI is InChI=1S/C31H30F2N6O4/c1-29(32)26(41)30(33,17-40)43-27(29)39-18-35-23-24(36-28(34)37-25(23)39)38-31(19-9-5-3-6-10-19,20-11-7-4-8-12-20)21-13-15-22(42-2)16-14-21/h3-16,18,26-27,40-41H,17H2,1-2H3,(H3,34,36,37,38)/t26-,27+,29+,30+/m0/s1. The Kier molecular flexibility index (Phi) is 6.99. The summed E-state index contributed by atoms with van der Waals surface area (Å²) in [5.41, 5.74) is 5.25. The molecule has 6 rings (SSSR count). The Morgan fingerprint density at radius 1 is 0.977 bits per heavy atom. The van der Waals surface area contributed by atoms with Gasteiger partial charge in [0.1, 0.15) is 17.9 Å². The number of nitrogens with two attached hydrogens (primary N) is 1. The molecule has 5 aromatic rings. The summed E-state index contributed by atoms with van der Waals surface area (Å²) in [5.74, 6) is -2.33. The Balaban J connectivity index is 1.57. The van der Waals surface area contributed by atoms with Gasteiger partial charge in [-0.15, -0.1) is 0 Å². The van der Waals surface area contributed by atoms with Crippen molar-refractivity contribution in [2.24, 2.45) is 0 Å². The number of fused-ring (bicyclic) bond motifs is 1. The van der Waals surface area contributed by atoms with Gasteiger partial charge >= 0.3 is 0 Å². The number of aliphatic hydroxyl groups is 2. The predicted octanol–water partition coefficient (Wildman–Crippen LogP) is 4.10. The van der Waals surface area contributed by atoms with Crippen molar-refractivity contribution >= 4 is 22.9 Å². The maximum atomic E-state index is 15.8. The lowest BCUT2D eigenvalue weighted by molar-refractivity contribution is -0.206. The number of rotatable bonds is 8. The van der Waals surface area contributed by atoms with Gasteiger partial charge in [-0.25, -0.2) is 13.8 Å². The first-order valence-corrected chi connectivity index (χ1v) is 13.5. The van der Waals surface area contributed by atoms with Crippen LogP contribution in [0.2, 0.25) is 0 Å². The Bertz CT molecular complexity index is 1700. The minimum Gasteiger partial charge on any atom is -0.497 e. The molecule has 0 amide bonds. The number of hydrogen-bond acceptors (Lipinski definition) is 9. The zero-order chi connectivity index (χ0) is 30.4. The molecule has 0 bridgehead atoms. The fraction of sp³-hybridized carbons (Fsp3) is 0.258. The normalized spacial score (nSPS) is 23.9. The zero-order valence-corrected chi connectivity index (χ0v) is 23.4. The molecule has 1 fully saturated rings. The molecule has 4 atom stereocenters. The van der Waals surface area contributed by atoms with Crippen LogP contribution in [0.1, 0.15) is 29.8 Å². The molecule has 0 spiro atoms. The van der Waals surface area contributed by atoms with Gasteiger partial charge in [-0.05, 0) is 35.7 Å². The Morgan fingerprint density at radius 2 is 1.56 bits per heavy atom. The third kappa shape index (κ3) is 4.54. The van der Waals surface area contributed by atoms with E-state index in [1.165, 1.54) is 6.33 Å². The van der Waals surface area contributed by atoms with E-state index in [0.29, 0.717) is 5.75 Å². The maximum absolute atomic E-state index is 15.8. The molecule has 3 aromatic carbocycles. The number of benzene rings is 3. The van der Waals surface area contributed by atoms with Gasteiger partial charge < -0.3 is 30.7 Å². The monoisotopic (exact) mass is 588 g/mol. The summed E-state index contributed by atoms with van der Waals surface area (Å²) in [6, 6.07) is 27.0. The first-order valence-electron chi connectivity index (χ1n) is 13.5. The SMILES string of the molecule is COc1ccc(C(Nc2nc(N)nc3c2ncn3[C@@H]2O[C@](F)(CO)[C@@H](O)[C@@]2(C)F)(c2ccccc2)c2ccccc2)cc1. The minimum atomic E-state index is -3.03. The largest absolute Gasteiger partial charge is 0.497 e. The zero-order valence-electron chi connectivity index (χ0n) is 23.4. The van der Waals surface area contributed by atoms with Crippen molar-refractivity contribution in [1.82, 2.24) is 19.5 Å². The Labute approximate surface area is 245 Å². The van der Waals surface area contributed by atoms with Gasteiger partial charge in [0.2, 0.25) is 5.95 Å². The molecular formula is C31H30F2N6O4. The van der Waals surface area contributed by atoms with Crippen LogP contribution in [-0.2, 0) is 10.3 Å². The summed E-state index contributed by atoms with van der Waals surface area (Å²) < 4.78 is 42.6. The summed E-state index contributed by atoms with van der Waals surface area (Å²) in [7, 11) is 1.59. The molecule has 0 radical (unpaired) electrons. The summed E-state index contributed by atoms with van der Waals surface area (Å²) in [4.78, 5) is 13.2. The summed E-state index contributed by atoms with van der Waals surface area (Å²) in [6.45, 7) is -0.270. The molecule has 1 aliphatic heterocycles.